The van der Waals surface area contributed by atoms with Gasteiger partial charge in [-0.3, -0.25) is 0 Å². The Morgan fingerprint density at radius 3 is 2.45 bits per heavy atom. The van der Waals surface area contributed by atoms with Crippen molar-refractivity contribution in [3.8, 4) is 0 Å². The molecule has 22 heavy (non-hydrogen) atoms. The molecule has 0 aromatic heterocycles. The van der Waals surface area contributed by atoms with Gasteiger partial charge in [0.25, 0.3) is 0 Å². The van der Waals surface area contributed by atoms with Crippen molar-refractivity contribution in [2.45, 2.75) is 25.7 Å². The number of nitrogens with one attached hydrogen (secondary N) is 1. The SMILES string of the molecule is CC(NC(=O)OCc1ccccc1)[C@H](O)c1ccc(Cl)cc1. The number of benzene rings is 2. The number of alkyl carbamates (subject to hydrolysis) is 1. The largest absolute Gasteiger partial charge is 0.445 e. The van der Waals surface area contributed by atoms with Crippen molar-refractivity contribution in [1.82, 2.24) is 5.32 Å². The highest BCUT2D eigenvalue weighted by Crippen LogP contribution is 2.19. The van der Waals surface area contributed by atoms with Crippen LogP contribution < -0.4 is 5.32 Å². The van der Waals surface area contributed by atoms with Gasteiger partial charge in [-0.25, -0.2) is 4.79 Å². The molecule has 5 heteroatoms. The van der Waals surface area contributed by atoms with Crippen LogP contribution >= 0.6 is 11.6 Å². The Hall–Kier alpha value is -2.04. The molecule has 0 bridgehead atoms. The highest BCUT2D eigenvalue weighted by molar-refractivity contribution is 6.30. The van der Waals surface area contributed by atoms with E-state index in [1.165, 1.54) is 0 Å². The average Bonchev–Trinajstić information content (AvgIpc) is 2.54. The molecule has 4 nitrogen and oxygen atoms in total. The molecule has 0 saturated carbocycles. The van der Waals surface area contributed by atoms with E-state index < -0.39 is 18.2 Å². The maximum atomic E-state index is 11.8. The lowest BCUT2D eigenvalue weighted by Gasteiger charge is -2.20. The number of aliphatic hydroxyl groups is 1. The maximum Gasteiger partial charge on any atom is 0.407 e. The van der Waals surface area contributed by atoms with Crippen LogP contribution in [-0.4, -0.2) is 17.2 Å². The van der Waals surface area contributed by atoms with E-state index in [1.807, 2.05) is 30.3 Å². The first-order valence-electron chi connectivity index (χ1n) is 6.97. The molecule has 116 valence electrons. The number of carbonyl (C=O) groups excluding carboxylic acids is 1. The summed E-state index contributed by atoms with van der Waals surface area (Å²) >= 11 is 5.81. The molecule has 2 rings (SSSR count). The summed E-state index contributed by atoms with van der Waals surface area (Å²) in [5.41, 5.74) is 1.59. The van der Waals surface area contributed by atoms with Gasteiger partial charge in [0.15, 0.2) is 0 Å². The van der Waals surface area contributed by atoms with Gasteiger partial charge < -0.3 is 15.2 Å². The number of ether oxygens (including phenoxy) is 1. The first-order chi connectivity index (χ1) is 10.6. The molecule has 0 fully saturated rings. The first kappa shape index (κ1) is 16.3. The summed E-state index contributed by atoms with van der Waals surface area (Å²) in [6.45, 7) is 1.90. The Morgan fingerprint density at radius 2 is 1.82 bits per heavy atom. The molecule has 0 radical (unpaired) electrons. The minimum atomic E-state index is -0.832. The van der Waals surface area contributed by atoms with Gasteiger partial charge in [-0.15, -0.1) is 0 Å². The molecule has 0 aliphatic heterocycles. The molecule has 0 aliphatic carbocycles. The third-order valence-electron chi connectivity index (χ3n) is 3.24. The van der Waals surface area contributed by atoms with E-state index >= 15 is 0 Å². The van der Waals surface area contributed by atoms with Crippen LogP contribution in [0.2, 0.25) is 5.02 Å². The predicted molar refractivity (Wildman–Crippen MR) is 85.6 cm³/mol. The van der Waals surface area contributed by atoms with Gasteiger partial charge in [0.1, 0.15) is 6.61 Å². The molecule has 1 amide bonds. The predicted octanol–water partition coefficient (Wildman–Crippen LogP) is 3.69. The van der Waals surface area contributed by atoms with E-state index in [9.17, 15) is 9.90 Å². The van der Waals surface area contributed by atoms with Crippen LogP contribution in [0.15, 0.2) is 54.6 Å². The number of carbonyl (C=O) groups is 1. The summed E-state index contributed by atoms with van der Waals surface area (Å²) in [4.78, 5) is 11.8. The third-order valence-corrected chi connectivity index (χ3v) is 3.50. The van der Waals surface area contributed by atoms with Crippen LogP contribution in [0.5, 0.6) is 0 Å². The fourth-order valence-electron chi connectivity index (χ4n) is 1.98. The number of amides is 1. The van der Waals surface area contributed by atoms with E-state index in [-0.39, 0.29) is 6.61 Å². The minimum absolute atomic E-state index is 0.191. The number of hydrogen-bond acceptors (Lipinski definition) is 3. The monoisotopic (exact) mass is 319 g/mol. The quantitative estimate of drug-likeness (QED) is 0.883. The van der Waals surface area contributed by atoms with Crippen LogP contribution in [0.3, 0.4) is 0 Å². The van der Waals surface area contributed by atoms with Gasteiger partial charge >= 0.3 is 6.09 Å². The smallest absolute Gasteiger partial charge is 0.407 e. The van der Waals surface area contributed by atoms with E-state index in [1.54, 1.807) is 31.2 Å². The summed E-state index contributed by atoms with van der Waals surface area (Å²) in [5, 5.41) is 13.4. The summed E-state index contributed by atoms with van der Waals surface area (Å²) in [7, 11) is 0. The van der Waals surface area contributed by atoms with Gasteiger partial charge in [0.05, 0.1) is 12.1 Å². The van der Waals surface area contributed by atoms with Crippen molar-refractivity contribution in [3.63, 3.8) is 0 Å². The number of rotatable bonds is 5. The standard InChI is InChI=1S/C17H18ClNO3/c1-12(16(20)14-7-9-15(18)10-8-14)19-17(21)22-11-13-5-3-2-4-6-13/h2-10,12,16,20H,11H2,1H3,(H,19,21)/t12?,16-/m0/s1. The lowest BCUT2D eigenvalue weighted by atomic mass is 10.0. The molecule has 0 saturated heterocycles. The highest BCUT2D eigenvalue weighted by Gasteiger charge is 2.19. The molecule has 1 unspecified atom stereocenters. The topological polar surface area (TPSA) is 58.6 Å². The fourth-order valence-corrected chi connectivity index (χ4v) is 2.10. The van der Waals surface area contributed by atoms with Gasteiger partial charge in [0, 0.05) is 5.02 Å². The Labute approximate surface area is 134 Å². The molecule has 2 aromatic carbocycles. The summed E-state index contributed by atoms with van der Waals surface area (Å²) < 4.78 is 5.12. The molecular weight excluding hydrogens is 302 g/mol. The third kappa shape index (κ3) is 4.76. The van der Waals surface area contributed by atoms with Crippen LogP contribution in [0, 0.1) is 0 Å². The Bertz CT molecular complexity index is 601. The Kier molecular flexibility index (Phi) is 5.81. The highest BCUT2D eigenvalue weighted by atomic mass is 35.5. The van der Waals surface area contributed by atoms with E-state index in [0.29, 0.717) is 10.6 Å². The molecule has 0 aliphatic rings. The molecule has 0 spiro atoms. The molecule has 2 atom stereocenters. The normalized spacial score (nSPS) is 13.2. The van der Waals surface area contributed by atoms with Gasteiger partial charge in [-0.1, -0.05) is 54.1 Å². The maximum absolute atomic E-state index is 11.8. The zero-order valence-electron chi connectivity index (χ0n) is 12.2. The summed E-state index contributed by atoms with van der Waals surface area (Å²) in [6.07, 6.45) is -1.40. The second-order valence-electron chi connectivity index (χ2n) is 4.99. The van der Waals surface area contributed by atoms with Crippen molar-refractivity contribution in [2.75, 3.05) is 0 Å². The van der Waals surface area contributed by atoms with Crippen molar-refractivity contribution in [2.24, 2.45) is 0 Å². The van der Waals surface area contributed by atoms with Crippen molar-refractivity contribution < 1.29 is 14.6 Å². The van der Waals surface area contributed by atoms with E-state index in [0.717, 1.165) is 5.56 Å². The van der Waals surface area contributed by atoms with Crippen molar-refractivity contribution in [3.05, 3.63) is 70.7 Å². The van der Waals surface area contributed by atoms with Crippen molar-refractivity contribution in [1.29, 1.82) is 0 Å². The van der Waals surface area contributed by atoms with Crippen LogP contribution in [0.4, 0.5) is 4.79 Å². The van der Waals surface area contributed by atoms with E-state index in [4.69, 9.17) is 16.3 Å². The molecular formula is C17H18ClNO3. The van der Waals surface area contributed by atoms with Crippen LogP contribution in [0.25, 0.3) is 0 Å². The van der Waals surface area contributed by atoms with Gasteiger partial charge in [-0.05, 0) is 30.2 Å². The summed E-state index contributed by atoms with van der Waals surface area (Å²) in [5.74, 6) is 0. The van der Waals surface area contributed by atoms with Crippen LogP contribution in [0.1, 0.15) is 24.2 Å². The molecule has 0 heterocycles. The molecule has 2 N–H and O–H groups in total. The van der Waals surface area contributed by atoms with E-state index in [2.05, 4.69) is 5.32 Å². The average molecular weight is 320 g/mol. The van der Waals surface area contributed by atoms with Crippen molar-refractivity contribution >= 4 is 17.7 Å². The Balaban J connectivity index is 1.84. The van der Waals surface area contributed by atoms with Gasteiger partial charge in [0.2, 0.25) is 0 Å². The van der Waals surface area contributed by atoms with Crippen LogP contribution in [-0.2, 0) is 11.3 Å². The Morgan fingerprint density at radius 1 is 1.18 bits per heavy atom. The zero-order valence-corrected chi connectivity index (χ0v) is 13.0. The molecule has 2 aromatic rings. The second kappa shape index (κ2) is 7.82. The number of halogens is 1. The first-order valence-corrected chi connectivity index (χ1v) is 7.35. The fraction of sp³-hybridized carbons (Fsp3) is 0.235. The van der Waals surface area contributed by atoms with Gasteiger partial charge in [-0.2, -0.15) is 0 Å². The number of aliphatic hydroxyl groups excluding tert-OH is 1. The number of hydrogen-bond donors (Lipinski definition) is 2. The zero-order chi connectivity index (χ0) is 15.9. The minimum Gasteiger partial charge on any atom is -0.445 e. The lowest BCUT2D eigenvalue weighted by molar-refractivity contribution is 0.106. The second-order valence-corrected chi connectivity index (χ2v) is 5.43. The lowest BCUT2D eigenvalue weighted by Crippen LogP contribution is -2.37. The summed E-state index contributed by atoms with van der Waals surface area (Å²) in [6, 6.07) is 15.8.